The summed E-state index contributed by atoms with van der Waals surface area (Å²) in [4.78, 5) is 29.4. The first-order valence-electron chi connectivity index (χ1n) is 6.29. The number of aliphatic carboxylic acids is 2. The van der Waals surface area contributed by atoms with Crippen LogP contribution in [0.3, 0.4) is 0 Å². The summed E-state index contributed by atoms with van der Waals surface area (Å²) >= 11 is 0. The summed E-state index contributed by atoms with van der Waals surface area (Å²) in [6, 6.07) is 6.76. The predicted octanol–water partition coefficient (Wildman–Crippen LogP) is 2.34. The van der Waals surface area contributed by atoms with Gasteiger partial charge in [-0.15, -0.1) is 0 Å². The monoisotopic (exact) mass is 296 g/mol. The maximum absolute atomic E-state index is 10.5. The van der Waals surface area contributed by atoms with Gasteiger partial charge in [-0.1, -0.05) is 0 Å². The first-order chi connectivity index (χ1) is 10.5. The van der Waals surface area contributed by atoms with E-state index in [1.54, 1.807) is 36.7 Å². The van der Waals surface area contributed by atoms with Gasteiger partial charge < -0.3 is 10.2 Å². The molecule has 2 N–H and O–H groups in total. The van der Waals surface area contributed by atoms with Crippen molar-refractivity contribution in [3.05, 3.63) is 59.9 Å². The van der Waals surface area contributed by atoms with Crippen molar-refractivity contribution in [3.8, 4) is 11.4 Å². The summed E-state index contributed by atoms with van der Waals surface area (Å²) < 4.78 is 0. The third-order valence-corrected chi connectivity index (χ3v) is 2.67. The Hall–Kier alpha value is -3.28. The molecule has 2 aromatic heterocycles. The van der Waals surface area contributed by atoms with Gasteiger partial charge in [0, 0.05) is 24.5 Å². The van der Waals surface area contributed by atoms with Crippen LogP contribution in [0.25, 0.3) is 23.5 Å². The summed E-state index contributed by atoms with van der Waals surface area (Å²) in [6.07, 6.45) is 8.11. The second kappa shape index (κ2) is 6.94. The van der Waals surface area contributed by atoms with E-state index >= 15 is 0 Å². The quantitative estimate of drug-likeness (QED) is 0.821. The Kier molecular flexibility index (Phi) is 4.77. The van der Waals surface area contributed by atoms with Gasteiger partial charge in [0.05, 0.1) is 11.4 Å². The van der Waals surface area contributed by atoms with Gasteiger partial charge in [-0.25, -0.2) is 9.59 Å². The number of pyridine rings is 2. The average Bonchev–Trinajstić information content (AvgIpc) is 2.51. The van der Waals surface area contributed by atoms with Gasteiger partial charge in [0.2, 0.25) is 0 Å². The molecule has 2 rings (SSSR count). The third-order valence-electron chi connectivity index (χ3n) is 2.67. The fourth-order valence-electron chi connectivity index (χ4n) is 1.72. The van der Waals surface area contributed by atoms with Crippen LogP contribution in [0.5, 0.6) is 0 Å². The van der Waals surface area contributed by atoms with E-state index in [-0.39, 0.29) is 0 Å². The van der Waals surface area contributed by atoms with Crippen molar-refractivity contribution in [2.45, 2.75) is 0 Å². The highest BCUT2D eigenvalue weighted by Crippen LogP contribution is 2.18. The van der Waals surface area contributed by atoms with Crippen molar-refractivity contribution in [1.29, 1.82) is 0 Å². The number of carbonyl (C=O) groups is 2. The van der Waals surface area contributed by atoms with E-state index in [1.807, 2.05) is 0 Å². The maximum atomic E-state index is 10.5. The third kappa shape index (κ3) is 4.38. The molecule has 0 aliphatic carbocycles. The normalized spacial score (nSPS) is 11.1. The lowest BCUT2D eigenvalue weighted by Crippen LogP contribution is -1.90. The van der Waals surface area contributed by atoms with Gasteiger partial charge in [-0.05, 0) is 47.5 Å². The SMILES string of the molecule is O=C(O)/C=C/c1ccnc(-c2cc(/C=C/C(=O)O)ccn2)c1. The highest BCUT2D eigenvalue weighted by molar-refractivity contribution is 5.86. The van der Waals surface area contributed by atoms with Crippen molar-refractivity contribution in [2.75, 3.05) is 0 Å². The molecular formula is C16H12N2O4. The molecule has 0 atom stereocenters. The molecule has 0 saturated heterocycles. The van der Waals surface area contributed by atoms with Crippen LogP contribution in [0.1, 0.15) is 11.1 Å². The Balaban J connectivity index is 2.32. The van der Waals surface area contributed by atoms with E-state index in [0.717, 1.165) is 12.2 Å². The second-order valence-electron chi connectivity index (χ2n) is 4.29. The molecule has 2 heterocycles. The van der Waals surface area contributed by atoms with Gasteiger partial charge >= 0.3 is 11.9 Å². The molecule has 0 aliphatic heterocycles. The largest absolute Gasteiger partial charge is 0.478 e. The fraction of sp³-hybridized carbons (Fsp3) is 0. The number of rotatable bonds is 5. The molecule has 0 bridgehead atoms. The lowest BCUT2D eigenvalue weighted by Gasteiger charge is -2.02. The second-order valence-corrected chi connectivity index (χ2v) is 4.29. The van der Waals surface area contributed by atoms with Crippen LogP contribution in [-0.2, 0) is 9.59 Å². The number of carboxylic acid groups (broad SMARTS) is 2. The van der Waals surface area contributed by atoms with Crippen molar-refractivity contribution in [1.82, 2.24) is 9.97 Å². The molecule has 0 spiro atoms. The summed E-state index contributed by atoms with van der Waals surface area (Å²) in [7, 11) is 0. The molecule has 0 aliphatic rings. The number of hydrogen-bond donors (Lipinski definition) is 2. The molecule has 6 nitrogen and oxygen atoms in total. The number of nitrogens with zero attached hydrogens (tertiary/aromatic N) is 2. The van der Waals surface area contributed by atoms with Crippen LogP contribution in [0.4, 0.5) is 0 Å². The van der Waals surface area contributed by atoms with E-state index < -0.39 is 11.9 Å². The first kappa shape index (κ1) is 15.1. The van der Waals surface area contributed by atoms with E-state index in [0.29, 0.717) is 22.5 Å². The van der Waals surface area contributed by atoms with Crippen LogP contribution in [0, 0.1) is 0 Å². The summed E-state index contributed by atoms with van der Waals surface area (Å²) in [5.74, 6) is -2.06. The van der Waals surface area contributed by atoms with Crippen LogP contribution in [0.2, 0.25) is 0 Å². The summed E-state index contributed by atoms with van der Waals surface area (Å²) in [5.41, 5.74) is 2.50. The molecule has 22 heavy (non-hydrogen) atoms. The van der Waals surface area contributed by atoms with E-state index in [4.69, 9.17) is 10.2 Å². The highest BCUT2D eigenvalue weighted by Gasteiger charge is 2.02. The van der Waals surface area contributed by atoms with Crippen LogP contribution >= 0.6 is 0 Å². The molecule has 0 saturated carbocycles. The molecule has 0 fully saturated rings. The van der Waals surface area contributed by atoms with E-state index in [1.165, 1.54) is 12.2 Å². The number of aromatic nitrogens is 2. The minimum Gasteiger partial charge on any atom is -0.478 e. The standard InChI is InChI=1S/C16H12N2O4/c19-15(20)3-1-11-5-7-17-13(9-11)14-10-12(6-8-18-14)2-4-16(21)22/h1-10H,(H,19,20)(H,21,22)/b3-1+,4-2+. The van der Waals surface area contributed by atoms with Gasteiger partial charge in [0.25, 0.3) is 0 Å². The highest BCUT2D eigenvalue weighted by atomic mass is 16.4. The fourth-order valence-corrected chi connectivity index (χ4v) is 1.72. The molecule has 0 amide bonds. The Morgan fingerprint density at radius 3 is 1.59 bits per heavy atom. The van der Waals surface area contributed by atoms with E-state index in [2.05, 4.69) is 9.97 Å². The van der Waals surface area contributed by atoms with Gasteiger partial charge in [-0.3, -0.25) is 9.97 Å². The van der Waals surface area contributed by atoms with Gasteiger partial charge in [-0.2, -0.15) is 0 Å². The first-order valence-corrected chi connectivity index (χ1v) is 6.29. The summed E-state index contributed by atoms with van der Waals surface area (Å²) in [5, 5.41) is 17.3. The minimum atomic E-state index is -1.03. The number of hydrogen-bond acceptors (Lipinski definition) is 4. The molecule has 0 aromatic carbocycles. The van der Waals surface area contributed by atoms with Crippen molar-refractivity contribution < 1.29 is 19.8 Å². The average molecular weight is 296 g/mol. The molecule has 2 aromatic rings. The van der Waals surface area contributed by atoms with Gasteiger partial charge in [0.15, 0.2) is 0 Å². The van der Waals surface area contributed by atoms with E-state index in [9.17, 15) is 9.59 Å². The van der Waals surface area contributed by atoms with Crippen LogP contribution < -0.4 is 0 Å². The Morgan fingerprint density at radius 2 is 1.23 bits per heavy atom. The number of carboxylic acids is 2. The molecule has 6 heteroatoms. The van der Waals surface area contributed by atoms with Crippen LogP contribution in [0.15, 0.2) is 48.8 Å². The lowest BCUT2D eigenvalue weighted by atomic mass is 10.1. The van der Waals surface area contributed by atoms with Gasteiger partial charge in [0.1, 0.15) is 0 Å². The smallest absolute Gasteiger partial charge is 0.328 e. The summed E-state index contributed by atoms with van der Waals surface area (Å²) in [6.45, 7) is 0. The van der Waals surface area contributed by atoms with Crippen molar-refractivity contribution >= 4 is 24.1 Å². The molecular weight excluding hydrogens is 284 g/mol. The Bertz CT molecular complexity index is 701. The van der Waals surface area contributed by atoms with Crippen LogP contribution in [-0.4, -0.2) is 32.1 Å². The minimum absolute atomic E-state index is 0.568. The zero-order chi connectivity index (χ0) is 15.9. The lowest BCUT2D eigenvalue weighted by molar-refractivity contribution is -0.132. The van der Waals surface area contributed by atoms with Crippen molar-refractivity contribution in [2.24, 2.45) is 0 Å². The Labute approximate surface area is 126 Å². The molecule has 110 valence electrons. The molecule has 0 unspecified atom stereocenters. The maximum Gasteiger partial charge on any atom is 0.328 e. The predicted molar refractivity (Wildman–Crippen MR) is 80.8 cm³/mol. The van der Waals surface area contributed by atoms with Crippen molar-refractivity contribution in [3.63, 3.8) is 0 Å². The zero-order valence-corrected chi connectivity index (χ0v) is 11.4. The molecule has 0 radical (unpaired) electrons. The topological polar surface area (TPSA) is 100 Å². The zero-order valence-electron chi connectivity index (χ0n) is 11.4. The Morgan fingerprint density at radius 1 is 0.818 bits per heavy atom.